The first-order chi connectivity index (χ1) is 7.33. The molecule has 0 radical (unpaired) electrons. The molecule has 0 atom stereocenters. The number of carbonyl (C=O) groups excluding carboxylic acids is 1. The van der Waals surface area contributed by atoms with Crippen LogP contribution in [-0.2, 0) is 4.74 Å². The van der Waals surface area contributed by atoms with E-state index in [2.05, 4.69) is 9.97 Å². The lowest BCUT2D eigenvalue weighted by Crippen LogP contribution is -2.06. The molecule has 5 heteroatoms. The largest absolute Gasteiger partial charge is 0.461 e. The molecule has 2 heterocycles. The van der Waals surface area contributed by atoms with Gasteiger partial charge in [0.05, 0.1) is 22.7 Å². The van der Waals surface area contributed by atoms with Gasteiger partial charge in [-0.3, -0.25) is 0 Å². The molecular weight excluding hydrogens is 212 g/mol. The minimum Gasteiger partial charge on any atom is -0.461 e. The number of rotatable bonds is 3. The third kappa shape index (κ3) is 1.92. The Labute approximate surface area is 90.9 Å². The number of hydrogen-bond donors (Lipinski definition) is 1. The Morgan fingerprint density at radius 2 is 2.53 bits per heavy atom. The summed E-state index contributed by atoms with van der Waals surface area (Å²) in [7, 11) is 0. The molecule has 78 valence electrons. The van der Waals surface area contributed by atoms with E-state index in [1.807, 2.05) is 18.3 Å². The number of thiazole rings is 1. The summed E-state index contributed by atoms with van der Waals surface area (Å²) >= 11 is 1.42. The first-order valence-corrected chi connectivity index (χ1v) is 5.45. The summed E-state index contributed by atoms with van der Waals surface area (Å²) in [4.78, 5) is 19.4. The Bertz CT molecular complexity index is 448. The molecule has 2 aromatic rings. The lowest BCUT2D eigenvalue weighted by Gasteiger charge is -2.00. The van der Waals surface area contributed by atoms with E-state index >= 15 is 0 Å². The van der Waals surface area contributed by atoms with Crippen molar-refractivity contribution in [3.8, 4) is 10.6 Å². The molecule has 1 N–H and O–H groups in total. The SMILES string of the molecule is CCOC(=O)c1ncsc1-c1ccc[nH]1. The van der Waals surface area contributed by atoms with Gasteiger partial charge in [0.25, 0.3) is 0 Å². The monoisotopic (exact) mass is 222 g/mol. The van der Waals surface area contributed by atoms with Crippen molar-refractivity contribution in [2.75, 3.05) is 6.61 Å². The maximum Gasteiger partial charge on any atom is 0.358 e. The Hall–Kier alpha value is -1.62. The van der Waals surface area contributed by atoms with Crippen molar-refractivity contribution in [2.24, 2.45) is 0 Å². The van der Waals surface area contributed by atoms with Gasteiger partial charge in [0.2, 0.25) is 0 Å². The van der Waals surface area contributed by atoms with Gasteiger partial charge in [-0.25, -0.2) is 9.78 Å². The van der Waals surface area contributed by atoms with Gasteiger partial charge >= 0.3 is 5.97 Å². The van der Waals surface area contributed by atoms with Crippen LogP contribution in [0.1, 0.15) is 17.4 Å². The number of carbonyl (C=O) groups is 1. The van der Waals surface area contributed by atoms with Gasteiger partial charge in [0, 0.05) is 6.20 Å². The molecule has 0 aliphatic rings. The van der Waals surface area contributed by atoms with Gasteiger partial charge < -0.3 is 9.72 Å². The molecule has 0 bridgehead atoms. The standard InChI is InChI=1S/C10H10N2O2S/c1-2-14-10(13)8-9(15-6-12-8)7-4-3-5-11-7/h3-6,11H,2H2,1H3. The minimum atomic E-state index is -0.372. The second-order valence-electron chi connectivity index (χ2n) is 2.83. The minimum absolute atomic E-state index is 0.362. The zero-order valence-corrected chi connectivity index (χ0v) is 9.00. The number of aromatic amines is 1. The molecule has 2 aromatic heterocycles. The Kier molecular flexibility index (Phi) is 2.82. The van der Waals surface area contributed by atoms with Crippen LogP contribution in [0.15, 0.2) is 23.8 Å². The number of esters is 1. The molecule has 0 aliphatic heterocycles. The van der Waals surface area contributed by atoms with Crippen LogP contribution in [0.25, 0.3) is 10.6 Å². The summed E-state index contributed by atoms with van der Waals surface area (Å²) < 4.78 is 4.92. The topological polar surface area (TPSA) is 55.0 Å². The summed E-state index contributed by atoms with van der Waals surface area (Å²) in [5.41, 5.74) is 2.91. The average Bonchev–Trinajstić information content (AvgIpc) is 2.88. The van der Waals surface area contributed by atoms with Crippen LogP contribution in [0.4, 0.5) is 0 Å². The van der Waals surface area contributed by atoms with Gasteiger partial charge in [-0.05, 0) is 19.1 Å². The predicted octanol–water partition coefficient (Wildman–Crippen LogP) is 2.31. The molecule has 0 unspecified atom stereocenters. The summed E-state index contributed by atoms with van der Waals surface area (Å²) in [5, 5.41) is 0. The van der Waals surface area contributed by atoms with Gasteiger partial charge in [-0.15, -0.1) is 11.3 Å². The van der Waals surface area contributed by atoms with Crippen LogP contribution < -0.4 is 0 Å². The highest BCUT2D eigenvalue weighted by molar-refractivity contribution is 7.13. The fourth-order valence-electron chi connectivity index (χ4n) is 1.25. The summed E-state index contributed by atoms with van der Waals surface area (Å²) in [5.74, 6) is -0.372. The van der Waals surface area contributed by atoms with Crippen LogP contribution in [0.5, 0.6) is 0 Å². The zero-order chi connectivity index (χ0) is 10.7. The van der Waals surface area contributed by atoms with Crippen molar-refractivity contribution in [1.82, 2.24) is 9.97 Å². The molecule has 0 aliphatic carbocycles. The summed E-state index contributed by atoms with van der Waals surface area (Å²) in [6.45, 7) is 2.14. The Balaban J connectivity index is 2.34. The van der Waals surface area contributed by atoms with E-state index in [1.54, 1.807) is 12.4 Å². The van der Waals surface area contributed by atoms with E-state index in [4.69, 9.17) is 4.74 Å². The second kappa shape index (κ2) is 4.27. The number of nitrogens with zero attached hydrogens (tertiary/aromatic N) is 1. The fraction of sp³-hybridized carbons (Fsp3) is 0.200. The van der Waals surface area contributed by atoms with Crippen LogP contribution in [0, 0.1) is 0 Å². The molecule has 0 spiro atoms. The highest BCUT2D eigenvalue weighted by Gasteiger charge is 2.17. The summed E-state index contributed by atoms with van der Waals surface area (Å²) in [6.07, 6.45) is 1.81. The fourth-order valence-corrected chi connectivity index (χ4v) is 2.02. The molecule has 0 amide bonds. The third-order valence-electron chi connectivity index (χ3n) is 1.88. The van der Waals surface area contributed by atoms with Crippen molar-refractivity contribution in [2.45, 2.75) is 6.92 Å². The van der Waals surface area contributed by atoms with Crippen molar-refractivity contribution < 1.29 is 9.53 Å². The molecule has 0 aromatic carbocycles. The van der Waals surface area contributed by atoms with E-state index in [9.17, 15) is 4.79 Å². The molecular formula is C10H10N2O2S. The summed E-state index contributed by atoms with van der Waals surface area (Å²) in [6, 6.07) is 3.78. The molecule has 0 fully saturated rings. The lowest BCUT2D eigenvalue weighted by molar-refractivity contribution is 0.0521. The number of hydrogen-bond acceptors (Lipinski definition) is 4. The van der Waals surface area contributed by atoms with Crippen LogP contribution in [-0.4, -0.2) is 22.5 Å². The lowest BCUT2D eigenvalue weighted by atomic mass is 10.3. The second-order valence-corrected chi connectivity index (χ2v) is 3.69. The van der Waals surface area contributed by atoms with E-state index in [0.717, 1.165) is 10.6 Å². The highest BCUT2D eigenvalue weighted by Crippen LogP contribution is 2.26. The Morgan fingerprint density at radius 1 is 1.67 bits per heavy atom. The van der Waals surface area contributed by atoms with Gasteiger partial charge in [0.15, 0.2) is 5.69 Å². The van der Waals surface area contributed by atoms with Gasteiger partial charge in [-0.2, -0.15) is 0 Å². The number of H-pyrrole nitrogens is 1. The van der Waals surface area contributed by atoms with Crippen LogP contribution >= 0.6 is 11.3 Å². The Morgan fingerprint density at radius 3 is 3.20 bits per heavy atom. The van der Waals surface area contributed by atoms with Crippen LogP contribution in [0.2, 0.25) is 0 Å². The van der Waals surface area contributed by atoms with Crippen LogP contribution in [0.3, 0.4) is 0 Å². The normalized spacial score (nSPS) is 10.2. The zero-order valence-electron chi connectivity index (χ0n) is 8.19. The third-order valence-corrected chi connectivity index (χ3v) is 2.74. The smallest absolute Gasteiger partial charge is 0.358 e. The van der Waals surface area contributed by atoms with Crippen molar-refractivity contribution in [1.29, 1.82) is 0 Å². The van der Waals surface area contributed by atoms with Crippen molar-refractivity contribution in [3.63, 3.8) is 0 Å². The quantitative estimate of drug-likeness (QED) is 0.811. The van der Waals surface area contributed by atoms with E-state index in [1.165, 1.54) is 11.3 Å². The van der Waals surface area contributed by atoms with Crippen molar-refractivity contribution in [3.05, 3.63) is 29.5 Å². The van der Waals surface area contributed by atoms with E-state index in [0.29, 0.717) is 12.3 Å². The van der Waals surface area contributed by atoms with Gasteiger partial charge in [-0.1, -0.05) is 0 Å². The predicted molar refractivity (Wildman–Crippen MR) is 57.9 cm³/mol. The molecule has 0 saturated carbocycles. The first-order valence-electron chi connectivity index (χ1n) is 4.57. The van der Waals surface area contributed by atoms with Gasteiger partial charge in [0.1, 0.15) is 0 Å². The molecule has 4 nitrogen and oxygen atoms in total. The molecule has 2 rings (SSSR count). The number of aromatic nitrogens is 2. The van der Waals surface area contributed by atoms with Crippen molar-refractivity contribution >= 4 is 17.3 Å². The highest BCUT2D eigenvalue weighted by atomic mass is 32.1. The molecule has 0 saturated heterocycles. The first kappa shape index (κ1) is 9.92. The van der Waals surface area contributed by atoms with E-state index < -0.39 is 0 Å². The molecule has 15 heavy (non-hydrogen) atoms. The maximum atomic E-state index is 11.5. The van der Waals surface area contributed by atoms with E-state index in [-0.39, 0.29) is 5.97 Å². The maximum absolute atomic E-state index is 11.5. The number of nitrogens with one attached hydrogen (secondary N) is 1. The number of ether oxygens (including phenoxy) is 1. The average molecular weight is 222 g/mol.